The fourth-order valence-corrected chi connectivity index (χ4v) is 5.15. The van der Waals surface area contributed by atoms with Gasteiger partial charge in [-0.1, -0.05) is 45.7 Å². The lowest BCUT2D eigenvalue weighted by molar-refractivity contribution is 0.149. The van der Waals surface area contributed by atoms with Crippen LogP contribution in [0.3, 0.4) is 0 Å². The first-order chi connectivity index (χ1) is 8.96. The van der Waals surface area contributed by atoms with E-state index in [1.807, 2.05) is 17.4 Å². The van der Waals surface area contributed by atoms with E-state index in [9.17, 15) is 0 Å². The average molecular weight is 300 g/mol. The second-order valence-electron chi connectivity index (χ2n) is 6.51. The Hall–Kier alpha value is -0.0500. The van der Waals surface area contributed by atoms with Gasteiger partial charge in [0.05, 0.1) is 5.02 Å². The summed E-state index contributed by atoms with van der Waals surface area (Å²) in [6.45, 7) is 10.4. The largest absolute Gasteiger partial charge is 0.314 e. The third kappa shape index (κ3) is 3.17. The van der Waals surface area contributed by atoms with E-state index in [0.29, 0.717) is 12.0 Å². The van der Waals surface area contributed by atoms with Crippen molar-refractivity contribution in [3.05, 3.63) is 21.3 Å². The quantitative estimate of drug-likeness (QED) is 0.816. The Morgan fingerprint density at radius 2 is 2.16 bits per heavy atom. The molecule has 1 fully saturated rings. The molecule has 0 spiro atoms. The van der Waals surface area contributed by atoms with Gasteiger partial charge in [-0.15, -0.1) is 11.3 Å². The zero-order chi connectivity index (χ0) is 14.0. The topological polar surface area (TPSA) is 12.0 Å². The van der Waals surface area contributed by atoms with Crippen molar-refractivity contribution in [3.8, 4) is 0 Å². The van der Waals surface area contributed by atoms with Crippen molar-refractivity contribution in [3.63, 3.8) is 0 Å². The van der Waals surface area contributed by atoms with Crippen LogP contribution in [-0.2, 0) is 5.41 Å². The number of halogens is 1. The fourth-order valence-electron chi connectivity index (χ4n) is 3.65. The van der Waals surface area contributed by atoms with Crippen molar-refractivity contribution in [2.75, 3.05) is 6.54 Å². The highest BCUT2D eigenvalue weighted by atomic mass is 35.5. The summed E-state index contributed by atoms with van der Waals surface area (Å²) in [4.78, 5) is 1.36. The molecule has 0 radical (unpaired) electrons. The second-order valence-corrected chi connectivity index (χ2v) is 7.83. The van der Waals surface area contributed by atoms with E-state index in [-0.39, 0.29) is 5.41 Å². The summed E-state index contributed by atoms with van der Waals surface area (Å²) in [6.07, 6.45) is 3.95. The van der Waals surface area contributed by atoms with Crippen LogP contribution in [0.15, 0.2) is 11.4 Å². The van der Waals surface area contributed by atoms with E-state index in [1.54, 1.807) is 0 Å². The first-order valence-electron chi connectivity index (χ1n) is 7.43. The van der Waals surface area contributed by atoms with Crippen LogP contribution in [0.25, 0.3) is 0 Å². The molecule has 1 N–H and O–H groups in total. The molecule has 1 saturated carbocycles. The Bertz CT molecular complexity index is 413. The van der Waals surface area contributed by atoms with E-state index in [1.165, 1.54) is 24.1 Å². The molecule has 0 aromatic carbocycles. The Balaban J connectivity index is 2.24. The van der Waals surface area contributed by atoms with Crippen LogP contribution < -0.4 is 5.32 Å². The molecule has 1 aromatic rings. The number of thiophene rings is 1. The highest BCUT2D eigenvalue weighted by Crippen LogP contribution is 2.46. The number of hydrogen-bond acceptors (Lipinski definition) is 2. The number of nitrogens with one attached hydrogen (secondary N) is 1. The van der Waals surface area contributed by atoms with Crippen LogP contribution in [-0.4, -0.2) is 12.6 Å². The predicted molar refractivity (Wildman–Crippen MR) is 86.3 cm³/mol. The lowest BCUT2D eigenvalue weighted by atomic mass is 9.65. The van der Waals surface area contributed by atoms with Gasteiger partial charge in [0, 0.05) is 16.3 Å². The maximum atomic E-state index is 6.39. The van der Waals surface area contributed by atoms with Gasteiger partial charge in [-0.05, 0) is 42.7 Å². The van der Waals surface area contributed by atoms with Crippen molar-refractivity contribution in [2.45, 2.75) is 58.4 Å². The molecule has 1 aliphatic rings. The molecule has 1 aromatic heterocycles. The number of hydrogen-bond donors (Lipinski definition) is 1. The minimum absolute atomic E-state index is 0.165. The normalized spacial score (nSPS) is 28.6. The molecule has 2 rings (SSSR count). The highest BCUT2D eigenvalue weighted by Gasteiger charge is 2.41. The molecule has 3 atom stereocenters. The molecule has 3 heteroatoms. The van der Waals surface area contributed by atoms with Crippen LogP contribution in [0, 0.1) is 11.8 Å². The second kappa shape index (κ2) is 6.15. The molecule has 0 bridgehead atoms. The zero-order valence-corrected chi connectivity index (χ0v) is 14.1. The molecule has 0 saturated heterocycles. The van der Waals surface area contributed by atoms with E-state index < -0.39 is 0 Å². The molecule has 1 nitrogen and oxygen atoms in total. The Morgan fingerprint density at radius 1 is 1.42 bits per heavy atom. The van der Waals surface area contributed by atoms with Crippen LogP contribution in [0.2, 0.25) is 5.02 Å². The van der Waals surface area contributed by atoms with E-state index in [0.717, 1.165) is 17.5 Å². The lowest BCUT2D eigenvalue weighted by Gasteiger charge is -2.44. The highest BCUT2D eigenvalue weighted by molar-refractivity contribution is 7.10. The summed E-state index contributed by atoms with van der Waals surface area (Å²) in [5, 5.41) is 6.78. The predicted octanol–water partition coefficient (Wildman–Crippen LogP) is 5.09. The molecular formula is C16H26ClNS. The monoisotopic (exact) mass is 299 g/mol. The van der Waals surface area contributed by atoms with E-state index >= 15 is 0 Å². The molecular weight excluding hydrogens is 274 g/mol. The van der Waals surface area contributed by atoms with Gasteiger partial charge in [-0.25, -0.2) is 0 Å². The first-order valence-corrected chi connectivity index (χ1v) is 8.69. The van der Waals surface area contributed by atoms with Crippen LogP contribution in [0.4, 0.5) is 0 Å². The maximum absolute atomic E-state index is 6.39. The van der Waals surface area contributed by atoms with Crippen molar-refractivity contribution >= 4 is 22.9 Å². The Morgan fingerprint density at radius 3 is 2.74 bits per heavy atom. The third-order valence-corrected chi connectivity index (χ3v) is 6.39. The van der Waals surface area contributed by atoms with Gasteiger partial charge in [0.25, 0.3) is 0 Å². The minimum Gasteiger partial charge on any atom is -0.314 e. The maximum Gasteiger partial charge on any atom is 0.0550 e. The van der Waals surface area contributed by atoms with Crippen LogP contribution >= 0.6 is 22.9 Å². The van der Waals surface area contributed by atoms with Crippen molar-refractivity contribution in [1.82, 2.24) is 5.32 Å². The summed E-state index contributed by atoms with van der Waals surface area (Å²) < 4.78 is 0. The van der Waals surface area contributed by atoms with Gasteiger partial charge in [0.15, 0.2) is 0 Å². The summed E-state index contributed by atoms with van der Waals surface area (Å²) in [5.74, 6) is 1.52. The fraction of sp³-hybridized carbons (Fsp3) is 0.750. The van der Waals surface area contributed by atoms with Gasteiger partial charge >= 0.3 is 0 Å². The van der Waals surface area contributed by atoms with Crippen LogP contribution in [0.5, 0.6) is 0 Å². The number of rotatable bonds is 4. The molecule has 3 unspecified atom stereocenters. The summed E-state index contributed by atoms with van der Waals surface area (Å²) >= 11 is 8.20. The SMILES string of the molecule is CCNC1CC(C)CCC1C(C)(C)c1sccc1Cl. The zero-order valence-electron chi connectivity index (χ0n) is 12.5. The van der Waals surface area contributed by atoms with Gasteiger partial charge in [0.2, 0.25) is 0 Å². The summed E-state index contributed by atoms with van der Waals surface area (Å²) in [5.41, 5.74) is 0.165. The summed E-state index contributed by atoms with van der Waals surface area (Å²) in [7, 11) is 0. The Labute approximate surface area is 126 Å². The van der Waals surface area contributed by atoms with Crippen molar-refractivity contribution in [2.24, 2.45) is 11.8 Å². The van der Waals surface area contributed by atoms with Gasteiger partial charge in [-0.2, -0.15) is 0 Å². The van der Waals surface area contributed by atoms with Gasteiger partial charge < -0.3 is 5.32 Å². The average Bonchev–Trinajstić information content (AvgIpc) is 2.76. The lowest BCUT2D eigenvalue weighted by Crippen LogP contribution is -2.48. The smallest absolute Gasteiger partial charge is 0.0550 e. The first kappa shape index (κ1) is 15.3. The van der Waals surface area contributed by atoms with Crippen molar-refractivity contribution < 1.29 is 0 Å². The molecule has 1 heterocycles. The molecule has 0 amide bonds. The van der Waals surface area contributed by atoms with E-state index in [4.69, 9.17) is 11.6 Å². The molecule has 1 aliphatic carbocycles. The Kier molecular flexibility index (Phi) is 4.97. The molecule has 108 valence electrons. The van der Waals surface area contributed by atoms with E-state index in [2.05, 4.69) is 38.4 Å². The third-order valence-electron chi connectivity index (χ3n) is 4.71. The van der Waals surface area contributed by atoms with Gasteiger partial charge in [-0.3, -0.25) is 0 Å². The standard InChI is InChI=1S/C16H26ClNS/c1-5-18-14-10-11(2)6-7-12(14)16(3,4)15-13(17)8-9-19-15/h8-9,11-12,14,18H,5-7,10H2,1-4H3. The summed E-state index contributed by atoms with van der Waals surface area (Å²) in [6, 6.07) is 2.67. The van der Waals surface area contributed by atoms with Crippen molar-refractivity contribution in [1.29, 1.82) is 0 Å². The molecule has 19 heavy (non-hydrogen) atoms. The van der Waals surface area contributed by atoms with Crippen LogP contribution in [0.1, 0.15) is 51.8 Å². The van der Waals surface area contributed by atoms with Gasteiger partial charge in [0.1, 0.15) is 0 Å². The molecule has 0 aliphatic heterocycles. The minimum atomic E-state index is 0.165.